The highest BCUT2D eigenvalue weighted by Crippen LogP contribution is 2.19. The Morgan fingerprint density at radius 2 is 0.616 bits per heavy atom. The molecular weight excluding hydrogens is 911 g/mol. The molecule has 73 heavy (non-hydrogen) atoms. The standard InChI is InChI=1S/C64H125NO8/c1-6-8-10-12-14-16-18-20-22-23-24-25-26-27-28-29-30-31-32-33-34-35-36-37-38-39-41-43-45-47-49-51-53-55-62(67)73-60(59-72-64(63(68)69)70-57-56-65(3,4)5)58-71-61(66)54-52-50-48-46-44-42-40-21-19-17-15-13-11-9-7-2/h60,64H,6-59H2,1-5H3. The van der Waals surface area contributed by atoms with Crippen LogP contribution in [-0.2, 0) is 33.3 Å². The van der Waals surface area contributed by atoms with Crippen molar-refractivity contribution in [3.63, 3.8) is 0 Å². The maximum absolute atomic E-state index is 12.9. The number of ether oxygens (including phenoxy) is 4. The van der Waals surface area contributed by atoms with E-state index in [-0.39, 0.29) is 32.2 Å². The fraction of sp³-hybridized carbons (Fsp3) is 0.953. The molecule has 0 heterocycles. The average Bonchev–Trinajstić information content (AvgIpc) is 3.36. The first-order valence-corrected chi connectivity index (χ1v) is 32.2. The third-order valence-electron chi connectivity index (χ3n) is 14.9. The number of hydrogen-bond donors (Lipinski definition) is 0. The van der Waals surface area contributed by atoms with Crippen LogP contribution in [-0.4, -0.2) is 82.3 Å². The van der Waals surface area contributed by atoms with Crippen LogP contribution in [0.5, 0.6) is 0 Å². The molecule has 0 aromatic carbocycles. The van der Waals surface area contributed by atoms with Crippen molar-refractivity contribution in [3.05, 3.63) is 0 Å². The second kappa shape index (κ2) is 56.5. The number of carbonyl (C=O) groups excluding carboxylic acids is 3. The molecule has 0 amide bonds. The molecule has 434 valence electrons. The van der Waals surface area contributed by atoms with E-state index in [1.165, 1.54) is 270 Å². The van der Waals surface area contributed by atoms with E-state index in [1.807, 2.05) is 21.1 Å². The van der Waals surface area contributed by atoms with Crippen LogP contribution in [0.2, 0.25) is 0 Å². The fourth-order valence-corrected chi connectivity index (χ4v) is 9.89. The number of carbonyl (C=O) groups is 3. The summed E-state index contributed by atoms with van der Waals surface area (Å²) in [4.78, 5) is 37.3. The van der Waals surface area contributed by atoms with Gasteiger partial charge in [-0.3, -0.25) is 9.59 Å². The molecule has 0 saturated carbocycles. The molecule has 0 aliphatic carbocycles. The second-order valence-electron chi connectivity index (χ2n) is 23.4. The number of hydrogen-bond acceptors (Lipinski definition) is 8. The minimum atomic E-state index is -1.61. The van der Waals surface area contributed by atoms with Gasteiger partial charge in [-0.15, -0.1) is 0 Å². The maximum atomic E-state index is 12.9. The lowest BCUT2D eigenvalue weighted by atomic mass is 10.0. The van der Waals surface area contributed by atoms with Gasteiger partial charge in [0.1, 0.15) is 13.2 Å². The molecule has 0 aromatic rings. The van der Waals surface area contributed by atoms with Crippen molar-refractivity contribution >= 4 is 17.9 Å². The third kappa shape index (κ3) is 57.8. The zero-order valence-electron chi connectivity index (χ0n) is 49.6. The van der Waals surface area contributed by atoms with E-state index in [1.54, 1.807) is 0 Å². The normalized spacial score (nSPS) is 12.6. The number of carboxylic acids is 1. The van der Waals surface area contributed by atoms with Gasteiger partial charge < -0.3 is 33.3 Å². The van der Waals surface area contributed by atoms with E-state index < -0.39 is 24.3 Å². The molecule has 0 aliphatic rings. The van der Waals surface area contributed by atoms with Crippen molar-refractivity contribution in [2.75, 3.05) is 47.5 Å². The van der Waals surface area contributed by atoms with Gasteiger partial charge in [-0.1, -0.05) is 309 Å². The van der Waals surface area contributed by atoms with Gasteiger partial charge in [0.05, 0.1) is 40.3 Å². The first-order chi connectivity index (χ1) is 35.6. The van der Waals surface area contributed by atoms with Crippen LogP contribution in [0.3, 0.4) is 0 Å². The van der Waals surface area contributed by atoms with E-state index >= 15 is 0 Å². The number of rotatable bonds is 61. The molecule has 0 aliphatic heterocycles. The van der Waals surface area contributed by atoms with Gasteiger partial charge in [-0.05, 0) is 12.8 Å². The molecule has 0 radical (unpaired) electrons. The molecule has 2 unspecified atom stereocenters. The largest absolute Gasteiger partial charge is 0.545 e. The molecule has 2 atom stereocenters. The minimum absolute atomic E-state index is 0.153. The number of quaternary nitrogens is 1. The Labute approximate surface area is 453 Å². The molecule has 9 nitrogen and oxygen atoms in total. The molecule has 0 aromatic heterocycles. The number of unbranched alkanes of at least 4 members (excludes halogenated alkanes) is 46. The lowest BCUT2D eigenvalue weighted by molar-refractivity contribution is -0.870. The van der Waals surface area contributed by atoms with Gasteiger partial charge >= 0.3 is 11.9 Å². The van der Waals surface area contributed by atoms with Crippen LogP contribution in [0, 0.1) is 0 Å². The first kappa shape index (κ1) is 71.3. The Bertz CT molecular complexity index is 1160. The molecule has 0 spiro atoms. The molecule has 0 saturated heterocycles. The smallest absolute Gasteiger partial charge is 0.306 e. The zero-order valence-corrected chi connectivity index (χ0v) is 49.6. The van der Waals surface area contributed by atoms with Gasteiger partial charge in [0.15, 0.2) is 12.4 Å². The molecule has 9 heteroatoms. The topological polar surface area (TPSA) is 111 Å². The van der Waals surface area contributed by atoms with Gasteiger partial charge in [-0.25, -0.2) is 0 Å². The highest BCUT2D eigenvalue weighted by atomic mass is 16.7. The van der Waals surface area contributed by atoms with Crippen molar-refractivity contribution in [2.45, 2.75) is 347 Å². The van der Waals surface area contributed by atoms with Gasteiger partial charge in [0.25, 0.3) is 0 Å². The number of aliphatic carboxylic acids is 1. The predicted molar refractivity (Wildman–Crippen MR) is 307 cm³/mol. The summed E-state index contributed by atoms with van der Waals surface area (Å²) in [6, 6.07) is 0. The third-order valence-corrected chi connectivity index (χ3v) is 14.9. The minimum Gasteiger partial charge on any atom is -0.545 e. The monoisotopic (exact) mass is 1040 g/mol. The maximum Gasteiger partial charge on any atom is 0.306 e. The van der Waals surface area contributed by atoms with Crippen molar-refractivity contribution in [3.8, 4) is 0 Å². The quantitative estimate of drug-likeness (QED) is 0.0256. The van der Waals surface area contributed by atoms with Crippen molar-refractivity contribution < 1.29 is 42.9 Å². The Balaban J connectivity index is 4.00. The molecule has 0 rings (SSSR count). The van der Waals surface area contributed by atoms with Crippen LogP contribution in [0.15, 0.2) is 0 Å². The molecule has 0 fully saturated rings. The van der Waals surface area contributed by atoms with E-state index in [0.717, 1.165) is 38.5 Å². The van der Waals surface area contributed by atoms with Crippen molar-refractivity contribution in [1.29, 1.82) is 0 Å². The summed E-state index contributed by atoms with van der Waals surface area (Å²) in [5.74, 6) is -2.25. The van der Waals surface area contributed by atoms with Gasteiger partial charge in [0.2, 0.25) is 0 Å². The SMILES string of the molecule is CCCCCCCCCCCCCCCCCCCCCCCCCCCCCCCCCCCC(=O)OC(COC(=O)CCCCCCCCCCCCCCCCC)COC(OCC[N+](C)(C)C)C(=O)[O-]. The van der Waals surface area contributed by atoms with Crippen LogP contribution < -0.4 is 5.11 Å². The van der Waals surface area contributed by atoms with Crippen LogP contribution in [0.25, 0.3) is 0 Å². The van der Waals surface area contributed by atoms with E-state index in [2.05, 4.69) is 13.8 Å². The van der Waals surface area contributed by atoms with Crippen molar-refractivity contribution in [1.82, 2.24) is 0 Å². The number of nitrogens with zero attached hydrogens (tertiary/aromatic N) is 1. The summed E-state index contributed by atoms with van der Waals surface area (Å²) in [6.45, 7) is 4.82. The highest BCUT2D eigenvalue weighted by molar-refractivity contribution is 5.70. The van der Waals surface area contributed by atoms with E-state index in [4.69, 9.17) is 18.9 Å². The van der Waals surface area contributed by atoms with Crippen molar-refractivity contribution in [2.24, 2.45) is 0 Å². The number of esters is 2. The Morgan fingerprint density at radius 3 is 0.877 bits per heavy atom. The van der Waals surface area contributed by atoms with Crippen LogP contribution >= 0.6 is 0 Å². The summed E-state index contributed by atoms with van der Waals surface area (Å²) in [5, 5.41) is 11.8. The highest BCUT2D eigenvalue weighted by Gasteiger charge is 2.22. The Hall–Kier alpha value is -1.71. The fourth-order valence-electron chi connectivity index (χ4n) is 9.89. The van der Waals surface area contributed by atoms with Crippen LogP contribution in [0.4, 0.5) is 0 Å². The summed E-state index contributed by atoms with van der Waals surface area (Å²) in [5.41, 5.74) is 0. The number of carboxylic acid groups (broad SMARTS) is 1. The van der Waals surface area contributed by atoms with Crippen LogP contribution in [0.1, 0.15) is 335 Å². The summed E-state index contributed by atoms with van der Waals surface area (Å²) in [6.07, 6.45) is 61.9. The Morgan fingerprint density at radius 1 is 0.356 bits per heavy atom. The molecular formula is C64H125NO8. The molecule has 0 bridgehead atoms. The lowest BCUT2D eigenvalue weighted by Gasteiger charge is -2.26. The summed E-state index contributed by atoms with van der Waals surface area (Å²) < 4.78 is 22.7. The van der Waals surface area contributed by atoms with E-state index in [0.29, 0.717) is 17.4 Å². The summed E-state index contributed by atoms with van der Waals surface area (Å²) >= 11 is 0. The first-order valence-electron chi connectivity index (χ1n) is 32.2. The second-order valence-corrected chi connectivity index (χ2v) is 23.4. The number of likely N-dealkylation sites (N-methyl/N-ethyl adjacent to an activating group) is 1. The van der Waals surface area contributed by atoms with Gasteiger partial charge in [-0.2, -0.15) is 0 Å². The lowest BCUT2D eigenvalue weighted by Crippen LogP contribution is -2.44. The predicted octanol–water partition coefficient (Wildman–Crippen LogP) is 17.8. The molecule has 0 N–H and O–H groups in total. The van der Waals surface area contributed by atoms with Gasteiger partial charge in [0, 0.05) is 12.8 Å². The summed E-state index contributed by atoms with van der Waals surface area (Å²) in [7, 11) is 5.94. The average molecular weight is 1040 g/mol. The van der Waals surface area contributed by atoms with E-state index in [9.17, 15) is 19.5 Å². The zero-order chi connectivity index (χ0) is 53.4. The Kier molecular flexibility index (Phi) is 55.2.